The van der Waals surface area contributed by atoms with Crippen LogP contribution < -0.4 is 10.6 Å². The normalized spacial score (nSPS) is 15.9. The number of amidine groups is 1. The van der Waals surface area contributed by atoms with Gasteiger partial charge in [0.15, 0.2) is 0 Å². The van der Waals surface area contributed by atoms with Crippen molar-refractivity contribution in [3.63, 3.8) is 0 Å². The molecule has 5 rings (SSSR count). The van der Waals surface area contributed by atoms with Crippen LogP contribution in [0, 0.1) is 13.8 Å². The number of aryl methyl sites for hydroxylation is 1. The summed E-state index contributed by atoms with van der Waals surface area (Å²) in [7, 11) is 0. The van der Waals surface area contributed by atoms with Crippen molar-refractivity contribution in [2.75, 3.05) is 5.32 Å². The van der Waals surface area contributed by atoms with Gasteiger partial charge in [0.25, 0.3) is 5.91 Å². The van der Waals surface area contributed by atoms with Crippen LogP contribution in [0.2, 0.25) is 0 Å². The highest BCUT2D eigenvalue weighted by Crippen LogP contribution is 2.35. The van der Waals surface area contributed by atoms with Gasteiger partial charge in [-0.2, -0.15) is 18.3 Å². The zero-order valence-electron chi connectivity index (χ0n) is 20.4. The summed E-state index contributed by atoms with van der Waals surface area (Å²) < 4.78 is 39.6. The molecule has 0 fully saturated rings. The summed E-state index contributed by atoms with van der Waals surface area (Å²) in [5.74, 6) is 0.154. The Labute approximate surface area is 211 Å². The van der Waals surface area contributed by atoms with Gasteiger partial charge in [0.1, 0.15) is 11.9 Å². The van der Waals surface area contributed by atoms with Crippen molar-refractivity contribution in [2.24, 2.45) is 4.99 Å². The molecule has 0 saturated carbocycles. The fourth-order valence-corrected chi connectivity index (χ4v) is 4.43. The van der Waals surface area contributed by atoms with E-state index in [1.54, 1.807) is 25.3 Å². The third kappa shape index (κ3) is 4.72. The van der Waals surface area contributed by atoms with Gasteiger partial charge in [-0.15, -0.1) is 0 Å². The number of anilines is 1. The Hall–Kier alpha value is -4.40. The van der Waals surface area contributed by atoms with E-state index >= 15 is 0 Å². The third-order valence-electron chi connectivity index (χ3n) is 6.60. The first-order chi connectivity index (χ1) is 17.6. The van der Waals surface area contributed by atoms with Crippen molar-refractivity contribution in [3.8, 4) is 0 Å². The SMILES string of the molecule is CC1=C(C(=O)Nc2ccc3[nH]ncc3c2)C(c2ccc(C(F)(F)F)cc2)N=C(c2cccc(C)c2C)N1. The standard InChI is InChI=1S/C28H24F3N5O/c1-15-5-4-6-22(16(15)2)26-33-17(3)24(25(35-26)18-7-9-20(10-8-18)28(29,30)31)27(37)34-21-11-12-23-19(13-21)14-32-36-23/h4-14,25H,1-3H3,(H,32,36)(H,33,35)(H,34,37). The van der Waals surface area contributed by atoms with Gasteiger partial charge in [0, 0.05) is 22.3 Å². The van der Waals surface area contributed by atoms with E-state index in [1.807, 2.05) is 38.1 Å². The van der Waals surface area contributed by atoms with Gasteiger partial charge in [-0.05, 0) is 67.8 Å². The number of allylic oxidation sites excluding steroid dienone is 1. The molecule has 0 radical (unpaired) electrons. The Morgan fingerprint density at radius 1 is 1.00 bits per heavy atom. The molecular formula is C28H24F3N5O. The summed E-state index contributed by atoms with van der Waals surface area (Å²) >= 11 is 0. The van der Waals surface area contributed by atoms with Crippen LogP contribution in [-0.4, -0.2) is 21.9 Å². The molecule has 1 atom stereocenters. The first-order valence-electron chi connectivity index (χ1n) is 11.7. The lowest BCUT2D eigenvalue weighted by atomic mass is 9.93. The molecule has 0 spiro atoms. The molecule has 0 bridgehead atoms. The zero-order chi connectivity index (χ0) is 26.3. The second-order valence-corrected chi connectivity index (χ2v) is 9.04. The summed E-state index contributed by atoms with van der Waals surface area (Å²) in [6.45, 7) is 5.74. The fraction of sp³-hybridized carbons (Fsp3) is 0.179. The number of aromatic amines is 1. The Bertz CT molecular complexity index is 1560. The molecule has 3 aromatic carbocycles. The summed E-state index contributed by atoms with van der Waals surface area (Å²) in [5, 5.41) is 13.9. The monoisotopic (exact) mass is 503 g/mol. The first kappa shape index (κ1) is 24.3. The number of amides is 1. The minimum absolute atomic E-state index is 0.320. The number of fused-ring (bicyclic) bond motifs is 1. The van der Waals surface area contributed by atoms with Crippen LogP contribution in [0.4, 0.5) is 18.9 Å². The molecular weight excluding hydrogens is 479 g/mol. The lowest BCUT2D eigenvalue weighted by Crippen LogP contribution is -2.34. The van der Waals surface area contributed by atoms with E-state index in [9.17, 15) is 18.0 Å². The van der Waals surface area contributed by atoms with Crippen molar-refractivity contribution in [1.82, 2.24) is 15.5 Å². The van der Waals surface area contributed by atoms with Gasteiger partial charge >= 0.3 is 6.18 Å². The van der Waals surface area contributed by atoms with Crippen LogP contribution in [-0.2, 0) is 11.0 Å². The van der Waals surface area contributed by atoms with E-state index in [0.29, 0.717) is 28.4 Å². The summed E-state index contributed by atoms with van der Waals surface area (Å²) in [5.41, 5.74) is 4.96. The smallest absolute Gasteiger partial charge is 0.343 e. The molecule has 6 nitrogen and oxygen atoms in total. The lowest BCUT2D eigenvalue weighted by molar-refractivity contribution is -0.137. The molecule has 37 heavy (non-hydrogen) atoms. The zero-order valence-corrected chi connectivity index (χ0v) is 20.4. The van der Waals surface area contributed by atoms with Crippen molar-refractivity contribution < 1.29 is 18.0 Å². The molecule has 0 aliphatic carbocycles. The van der Waals surface area contributed by atoms with Gasteiger partial charge in [-0.25, -0.2) is 0 Å². The number of carbonyl (C=O) groups is 1. The van der Waals surface area contributed by atoms with E-state index in [2.05, 4.69) is 20.8 Å². The van der Waals surface area contributed by atoms with Gasteiger partial charge < -0.3 is 10.6 Å². The van der Waals surface area contributed by atoms with Gasteiger partial charge in [0.2, 0.25) is 0 Å². The Kier molecular flexibility index (Phi) is 6.07. The highest BCUT2D eigenvalue weighted by atomic mass is 19.4. The highest BCUT2D eigenvalue weighted by molar-refractivity contribution is 6.09. The molecule has 1 unspecified atom stereocenters. The average Bonchev–Trinajstić information content (AvgIpc) is 3.32. The van der Waals surface area contributed by atoms with E-state index in [-0.39, 0.29) is 0 Å². The molecule has 1 amide bonds. The third-order valence-corrected chi connectivity index (χ3v) is 6.60. The average molecular weight is 504 g/mol. The second kappa shape index (κ2) is 9.24. The van der Waals surface area contributed by atoms with Crippen LogP contribution >= 0.6 is 0 Å². The van der Waals surface area contributed by atoms with E-state index < -0.39 is 23.7 Å². The number of benzene rings is 3. The van der Waals surface area contributed by atoms with E-state index in [0.717, 1.165) is 39.7 Å². The van der Waals surface area contributed by atoms with Gasteiger partial charge in [-0.1, -0.05) is 30.3 Å². The predicted molar refractivity (Wildman–Crippen MR) is 137 cm³/mol. The Balaban J connectivity index is 1.55. The molecule has 3 N–H and O–H groups in total. The molecule has 188 valence electrons. The van der Waals surface area contributed by atoms with Crippen molar-refractivity contribution in [1.29, 1.82) is 0 Å². The van der Waals surface area contributed by atoms with Crippen LogP contribution in [0.15, 0.2) is 83.1 Å². The van der Waals surface area contributed by atoms with Gasteiger partial charge in [0.05, 0.1) is 22.9 Å². The number of hydrogen-bond donors (Lipinski definition) is 3. The minimum atomic E-state index is -4.46. The van der Waals surface area contributed by atoms with E-state index in [4.69, 9.17) is 4.99 Å². The van der Waals surface area contributed by atoms with Crippen molar-refractivity contribution in [2.45, 2.75) is 33.0 Å². The quantitative estimate of drug-likeness (QED) is 0.310. The topological polar surface area (TPSA) is 82.2 Å². The number of rotatable bonds is 4. The molecule has 4 aromatic rings. The number of nitrogens with one attached hydrogen (secondary N) is 3. The number of carbonyl (C=O) groups excluding carboxylic acids is 1. The fourth-order valence-electron chi connectivity index (χ4n) is 4.43. The molecule has 1 aliphatic rings. The number of alkyl halides is 3. The molecule has 1 aromatic heterocycles. The van der Waals surface area contributed by atoms with Crippen LogP contribution in [0.1, 0.15) is 40.8 Å². The summed E-state index contributed by atoms with van der Waals surface area (Å²) in [4.78, 5) is 18.4. The maximum atomic E-state index is 13.5. The number of hydrogen-bond acceptors (Lipinski definition) is 4. The number of aliphatic imine (C=N–C) groups is 1. The lowest BCUT2D eigenvalue weighted by Gasteiger charge is -2.28. The summed E-state index contributed by atoms with van der Waals surface area (Å²) in [6, 6.07) is 15.2. The largest absolute Gasteiger partial charge is 0.416 e. The first-order valence-corrected chi connectivity index (χ1v) is 11.7. The molecule has 1 aliphatic heterocycles. The number of halogens is 3. The van der Waals surface area contributed by atoms with Crippen LogP contribution in [0.25, 0.3) is 10.9 Å². The van der Waals surface area contributed by atoms with Gasteiger partial charge in [-0.3, -0.25) is 14.9 Å². The maximum Gasteiger partial charge on any atom is 0.416 e. The molecule has 0 saturated heterocycles. The number of aromatic nitrogens is 2. The molecule has 9 heteroatoms. The number of nitrogens with zero attached hydrogens (tertiary/aromatic N) is 2. The van der Waals surface area contributed by atoms with Crippen LogP contribution in [0.3, 0.4) is 0 Å². The maximum absolute atomic E-state index is 13.5. The molecule has 2 heterocycles. The van der Waals surface area contributed by atoms with E-state index in [1.165, 1.54) is 12.1 Å². The predicted octanol–water partition coefficient (Wildman–Crippen LogP) is 6.20. The van der Waals surface area contributed by atoms with Crippen LogP contribution in [0.5, 0.6) is 0 Å². The number of H-pyrrole nitrogens is 1. The minimum Gasteiger partial charge on any atom is -0.343 e. The Morgan fingerprint density at radius 2 is 1.76 bits per heavy atom. The summed E-state index contributed by atoms with van der Waals surface area (Å²) in [6.07, 6.45) is -2.80. The van der Waals surface area contributed by atoms with Crippen molar-refractivity contribution >= 4 is 28.3 Å². The Morgan fingerprint density at radius 3 is 2.49 bits per heavy atom. The highest BCUT2D eigenvalue weighted by Gasteiger charge is 2.33. The second-order valence-electron chi connectivity index (χ2n) is 9.04. The van der Waals surface area contributed by atoms with Crippen molar-refractivity contribution in [3.05, 3.63) is 106 Å².